The number of halogens is 1. The number of ether oxygens (including phenoxy) is 1. The monoisotopic (exact) mass is 181 g/mol. The van der Waals surface area contributed by atoms with Crippen LogP contribution in [0.4, 0.5) is 4.39 Å². The Morgan fingerprint density at radius 2 is 2.38 bits per heavy atom. The van der Waals surface area contributed by atoms with Gasteiger partial charge in [-0.25, -0.2) is 14.2 Å². The minimum Gasteiger partial charge on any atom is -0.497 e. The molecule has 68 valence electrons. The van der Waals surface area contributed by atoms with E-state index in [-0.39, 0.29) is 6.54 Å². The first-order valence-corrected chi connectivity index (χ1v) is 3.64. The van der Waals surface area contributed by atoms with Crippen LogP contribution in [0.15, 0.2) is 23.2 Å². The third-order valence-corrected chi connectivity index (χ3v) is 1.57. The Labute approximate surface area is 74.9 Å². The number of rotatable bonds is 3. The molecule has 0 aliphatic rings. The summed E-state index contributed by atoms with van der Waals surface area (Å²) in [7, 11) is 1.46. The number of benzene rings is 1. The molecule has 1 rings (SSSR count). The number of carbonyl (C=O) groups excluding carboxylic acids is 1. The number of hydrogen-bond acceptors (Lipinski definition) is 3. The normalized spacial score (nSPS) is 9.08. The van der Waals surface area contributed by atoms with Gasteiger partial charge >= 0.3 is 0 Å². The fourth-order valence-corrected chi connectivity index (χ4v) is 0.901. The van der Waals surface area contributed by atoms with E-state index in [9.17, 15) is 9.18 Å². The van der Waals surface area contributed by atoms with E-state index in [0.29, 0.717) is 11.3 Å². The molecular weight excluding hydrogens is 173 g/mol. The maximum absolute atomic E-state index is 13.1. The van der Waals surface area contributed by atoms with Gasteiger partial charge in [-0.05, 0) is 6.07 Å². The molecule has 0 bridgehead atoms. The van der Waals surface area contributed by atoms with Crippen LogP contribution < -0.4 is 4.74 Å². The Bertz CT molecular complexity index is 345. The number of isocyanates is 1. The van der Waals surface area contributed by atoms with E-state index in [1.165, 1.54) is 25.3 Å². The minimum absolute atomic E-state index is 0.0132. The van der Waals surface area contributed by atoms with Crippen LogP contribution in [0.3, 0.4) is 0 Å². The molecular formula is C9H8FNO2. The molecule has 0 amide bonds. The molecule has 0 spiro atoms. The van der Waals surface area contributed by atoms with Crippen molar-refractivity contribution in [2.24, 2.45) is 4.99 Å². The summed E-state index contributed by atoms with van der Waals surface area (Å²) in [5, 5.41) is 0. The van der Waals surface area contributed by atoms with E-state index in [1.807, 2.05) is 0 Å². The van der Waals surface area contributed by atoms with Crippen molar-refractivity contribution >= 4 is 6.08 Å². The molecule has 0 aliphatic heterocycles. The smallest absolute Gasteiger partial charge is 0.235 e. The van der Waals surface area contributed by atoms with Gasteiger partial charge in [-0.1, -0.05) is 6.07 Å². The van der Waals surface area contributed by atoms with Crippen LogP contribution in [0.25, 0.3) is 0 Å². The van der Waals surface area contributed by atoms with Crippen molar-refractivity contribution in [3.63, 3.8) is 0 Å². The Kier molecular flexibility index (Phi) is 3.17. The van der Waals surface area contributed by atoms with Crippen LogP contribution >= 0.6 is 0 Å². The summed E-state index contributed by atoms with van der Waals surface area (Å²) in [6.07, 6.45) is 1.35. The van der Waals surface area contributed by atoms with Gasteiger partial charge in [0.1, 0.15) is 11.6 Å². The van der Waals surface area contributed by atoms with Crippen molar-refractivity contribution in [2.75, 3.05) is 7.11 Å². The van der Waals surface area contributed by atoms with E-state index < -0.39 is 5.82 Å². The lowest BCUT2D eigenvalue weighted by Gasteiger charge is -2.01. The van der Waals surface area contributed by atoms with Gasteiger partial charge in [-0.3, -0.25) is 0 Å². The van der Waals surface area contributed by atoms with Crippen molar-refractivity contribution in [1.82, 2.24) is 0 Å². The van der Waals surface area contributed by atoms with Crippen molar-refractivity contribution < 1.29 is 13.9 Å². The Balaban J connectivity index is 2.91. The van der Waals surface area contributed by atoms with E-state index in [1.54, 1.807) is 6.07 Å². The molecule has 0 heterocycles. The maximum atomic E-state index is 13.1. The van der Waals surface area contributed by atoms with Crippen molar-refractivity contribution in [2.45, 2.75) is 6.54 Å². The lowest BCUT2D eigenvalue weighted by atomic mass is 10.2. The first-order chi connectivity index (χ1) is 6.27. The Morgan fingerprint density at radius 3 is 2.92 bits per heavy atom. The maximum Gasteiger partial charge on any atom is 0.235 e. The van der Waals surface area contributed by atoms with Crippen LogP contribution in [-0.4, -0.2) is 13.2 Å². The average Bonchev–Trinajstić information content (AvgIpc) is 2.16. The van der Waals surface area contributed by atoms with Gasteiger partial charge in [-0.2, -0.15) is 0 Å². The molecule has 4 heteroatoms. The molecule has 3 nitrogen and oxygen atoms in total. The summed E-state index contributed by atoms with van der Waals surface area (Å²) in [6, 6.07) is 4.38. The first-order valence-electron chi connectivity index (χ1n) is 3.64. The molecule has 0 saturated carbocycles. The molecule has 1 aromatic rings. The predicted molar refractivity (Wildman–Crippen MR) is 44.8 cm³/mol. The Morgan fingerprint density at radius 1 is 1.62 bits per heavy atom. The third kappa shape index (κ3) is 2.39. The summed E-state index contributed by atoms with van der Waals surface area (Å²) in [5.41, 5.74) is 0.351. The van der Waals surface area contributed by atoms with E-state index in [0.717, 1.165) is 0 Å². The molecule has 0 aromatic heterocycles. The van der Waals surface area contributed by atoms with Gasteiger partial charge < -0.3 is 4.74 Å². The summed E-state index contributed by atoms with van der Waals surface area (Å²) >= 11 is 0. The third-order valence-electron chi connectivity index (χ3n) is 1.57. The van der Waals surface area contributed by atoms with Crippen molar-refractivity contribution in [3.05, 3.63) is 29.6 Å². The van der Waals surface area contributed by atoms with E-state index >= 15 is 0 Å². The summed E-state index contributed by atoms with van der Waals surface area (Å²) in [6.45, 7) is 0.0132. The fraction of sp³-hybridized carbons (Fsp3) is 0.222. The van der Waals surface area contributed by atoms with Gasteiger partial charge in [0.25, 0.3) is 0 Å². The average molecular weight is 181 g/mol. The molecule has 13 heavy (non-hydrogen) atoms. The Hall–Kier alpha value is -1.67. The highest BCUT2D eigenvalue weighted by Gasteiger charge is 2.02. The first kappa shape index (κ1) is 9.42. The lowest BCUT2D eigenvalue weighted by molar-refractivity contribution is 0.410. The van der Waals surface area contributed by atoms with Crippen LogP contribution in [0.2, 0.25) is 0 Å². The number of hydrogen-bond donors (Lipinski definition) is 0. The highest BCUT2D eigenvalue weighted by atomic mass is 19.1. The molecule has 0 aliphatic carbocycles. The van der Waals surface area contributed by atoms with Crippen molar-refractivity contribution in [3.8, 4) is 5.75 Å². The highest BCUT2D eigenvalue weighted by Crippen LogP contribution is 2.16. The predicted octanol–water partition coefficient (Wildman–Crippen LogP) is 1.67. The minimum atomic E-state index is -0.432. The molecule has 0 unspecified atom stereocenters. The second kappa shape index (κ2) is 4.38. The number of nitrogens with zero attached hydrogens (tertiary/aromatic N) is 1. The van der Waals surface area contributed by atoms with Crippen LogP contribution in [0, 0.1) is 5.82 Å². The number of aliphatic imine (C=N–C) groups is 1. The highest BCUT2D eigenvalue weighted by molar-refractivity contribution is 5.35. The second-order valence-corrected chi connectivity index (χ2v) is 2.36. The fourth-order valence-electron chi connectivity index (χ4n) is 0.901. The molecule has 0 atom stereocenters. The molecule has 1 aromatic carbocycles. The van der Waals surface area contributed by atoms with Gasteiger partial charge in [0.2, 0.25) is 6.08 Å². The summed E-state index contributed by atoms with van der Waals surface area (Å²) < 4.78 is 17.9. The SMILES string of the molecule is COc1ccc(CN=C=O)c(F)c1. The lowest BCUT2D eigenvalue weighted by Crippen LogP contribution is -1.90. The van der Waals surface area contributed by atoms with Crippen LogP contribution in [-0.2, 0) is 11.3 Å². The number of methoxy groups -OCH3 is 1. The largest absolute Gasteiger partial charge is 0.497 e. The zero-order valence-electron chi connectivity index (χ0n) is 7.08. The van der Waals surface area contributed by atoms with Gasteiger partial charge in [-0.15, -0.1) is 0 Å². The molecule has 0 fully saturated rings. The molecule has 0 N–H and O–H groups in total. The van der Waals surface area contributed by atoms with Crippen LogP contribution in [0.1, 0.15) is 5.56 Å². The van der Waals surface area contributed by atoms with Crippen molar-refractivity contribution in [1.29, 1.82) is 0 Å². The summed E-state index contributed by atoms with van der Waals surface area (Å²) in [5.74, 6) is 0.00897. The topological polar surface area (TPSA) is 38.7 Å². The molecule has 0 radical (unpaired) electrons. The van der Waals surface area contributed by atoms with Gasteiger partial charge in [0.15, 0.2) is 0 Å². The zero-order chi connectivity index (χ0) is 9.68. The second-order valence-electron chi connectivity index (χ2n) is 2.36. The van der Waals surface area contributed by atoms with E-state index in [4.69, 9.17) is 4.74 Å². The van der Waals surface area contributed by atoms with Gasteiger partial charge in [0, 0.05) is 11.6 Å². The summed E-state index contributed by atoms with van der Waals surface area (Å²) in [4.78, 5) is 13.0. The van der Waals surface area contributed by atoms with E-state index in [2.05, 4.69) is 4.99 Å². The quantitative estimate of drug-likeness (QED) is 0.525. The molecule has 0 saturated heterocycles. The standard InChI is InChI=1S/C9H8FNO2/c1-13-8-3-2-7(5-11-6-12)9(10)4-8/h2-4H,5H2,1H3. The zero-order valence-corrected chi connectivity index (χ0v) is 7.08. The van der Waals surface area contributed by atoms with Crippen LogP contribution in [0.5, 0.6) is 5.75 Å². The van der Waals surface area contributed by atoms with Gasteiger partial charge in [0.05, 0.1) is 13.7 Å².